The van der Waals surface area contributed by atoms with Crippen molar-refractivity contribution < 1.29 is 10.2 Å². The van der Waals surface area contributed by atoms with Crippen LogP contribution in [0.15, 0.2) is 0 Å². The highest BCUT2D eigenvalue weighted by Crippen LogP contribution is 2.69. The van der Waals surface area contributed by atoms with Gasteiger partial charge in [0, 0.05) is 0 Å². The maximum Gasteiger partial charge on any atom is 0.0658 e. The largest absolute Gasteiger partial charge is 0.393 e. The Morgan fingerprint density at radius 1 is 1.21 bits per heavy atom. The van der Waals surface area contributed by atoms with Crippen LogP contribution in [0.1, 0.15) is 45.4 Å². The summed E-state index contributed by atoms with van der Waals surface area (Å²) in [4.78, 5) is 0. The molecule has 80 valence electrons. The maximum atomic E-state index is 10.1. The summed E-state index contributed by atoms with van der Waals surface area (Å²) >= 11 is 0. The standard InChI is InChI=1S/C12H20O2/c1-11(14)7-12-6-2-3-9(13)8(12)4-5-10(11)12/h8-10,13-14H,2-7H2,1H3/t8-,9-,10+,11?,12+/m0/s1. The smallest absolute Gasteiger partial charge is 0.0658 e. The van der Waals surface area contributed by atoms with Crippen molar-refractivity contribution in [3.05, 3.63) is 0 Å². The molecular weight excluding hydrogens is 176 g/mol. The molecule has 3 saturated carbocycles. The Labute approximate surface area is 85.3 Å². The molecular formula is C12H20O2. The summed E-state index contributed by atoms with van der Waals surface area (Å²) < 4.78 is 0. The first kappa shape index (κ1) is 9.17. The highest BCUT2D eigenvalue weighted by Gasteiger charge is 2.67. The van der Waals surface area contributed by atoms with Crippen LogP contribution in [0.2, 0.25) is 0 Å². The zero-order valence-corrected chi connectivity index (χ0v) is 8.87. The van der Waals surface area contributed by atoms with Gasteiger partial charge in [-0.2, -0.15) is 0 Å². The van der Waals surface area contributed by atoms with Crippen molar-refractivity contribution in [3.63, 3.8) is 0 Å². The third kappa shape index (κ3) is 0.892. The van der Waals surface area contributed by atoms with Crippen molar-refractivity contribution in [1.29, 1.82) is 0 Å². The third-order valence-corrected chi connectivity index (χ3v) is 5.24. The van der Waals surface area contributed by atoms with Crippen LogP contribution in [0.3, 0.4) is 0 Å². The fraction of sp³-hybridized carbons (Fsp3) is 1.00. The molecule has 0 radical (unpaired) electrons. The summed E-state index contributed by atoms with van der Waals surface area (Å²) in [6, 6.07) is 0. The molecule has 3 aliphatic carbocycles. The second-order valence-corrected chi connectivity index (χ2v) is 5.96. The summed E-state index contributed by atoms with van der Waals surface area (Å²) in [5.41, 5.74) is -0.0903. The van der Waals surface area contributed by atoms with E-state index in [1.807, 2.05) is 6.92 Å². The van der Waals surface area contributed by atoms with Crippen LogP contribution in [0.25, 0.3) is 0 Å². The molecule has 0 heterocycles. The van der Waals surface area contributed by atoms with E-state index < -0.39 is 5.60 Å². The average Bonchev–Trinajstić information content (AvgIpc) is 2.40. The number of hydrogen-bond acceptors (Lipinski definition) is 2. The Morgan fingerprint density at radius 2 is 2.00 bits per heavy atom. The van der Waals surface area contributed by atoms with E-state index in [0.717, 1.165) is 32.1 Å². The first-order valence-electron chi connectivity index (χ1n) is 5.97. The first-order valence-corrected chi connectivity index (χ1v) is 5.97. The molecule has 2 nitrogen and oxygen atoms in total. The molecule has 0 amide bonds. The van der Waals surface area contributed by atoms with Gasteiger partial charge in [-0.15, -0.1) is 0 Å². The Morgan fingerprint density at radius 3 is 2.71 bits per heavy atom. The zero-order valence-electron chi connectivity index (χ0n) is 8.87. The van der Waals surface area contributed by atoms with E-state index in [2.05, 4.69) is 0 Å². The van der Waals surface area contributed by atoms with Crippen LogP contribution >= 0.6 is 0 Å². The SMILES string of the molecule is CC1(O)C[C@]23CCC[C@H](O)[C@@H]2CC[C@H]13. The van der Waals surface area contributed by atoms with Crippen LogP contribution in [-0.2, 0) is 0 Å². The summed E-state index contributed by atoms with van der Waals surface area (Å²) in [5, 5.41) is 20.1. The molecule has 0 aromatic heterocycles. The number of aliphatic hydroxyl groups is 2. The van der Waals surface area contributed by atoms with E-state index in [9.17, 15) is 10.2 Å². The van der Waals surface area contributed by atoms with E-state index in [1.165, 1.54) is 6.42 Å². The molecule has 0 saturated heterocycles. The lowest BCUT2D eigenvalue weighted by Crippen LogP contribution is -2.61. The Hall–Kier alpha value is -0.0800. The molecule has 0 bridgehead atoms. The highest BCUT2D eigenvalue weighted by atomic mass is 16.3. The topological polar surface area (TPSA) is 40.5 Å². The van der Waals surface area contributed by atoms with Crippen molar-refractivity contribution >= 4 is 0 Å². The van der Waals surface area contributed by atoms with Gasteiger partial charge in [0.05, 0.1) is 11.7 Å². The lowest BCUT2D eigenvalue weighted by Gasteiger charge is -2.61. The molecule has 0 aliphatic heterocycles. The molecule has 0 aromatic carbocycles. The summed E-state index contributed by atoms with van der Waals surface area (Å²) in [6.07, 6.45) is 6.52. The van der Waals surface area contributed by atoms with Crippen molar-refractivity contribution in [3.8, 4) is 0 Å². The van der Waals surface area contributed by atoms with Crippen LogP contribution < -0.4 is 0 Å². The molecule has 2 heteroatoms. The van der Waals surface area contributed by atoms with Crippen molar-refractivity contribution in [2.45, 2.75) is 57.2 Å². The van der Waals surface area contributed by atoms with Gasteiger partial charge in [0.15, 0.2) is 0 Å². The van der Waals surface area contributed by atoms with Crippen LogP contribution in [0.5, 0.6) is 0 Å². The monoisotopic (exact) mass is 196 g/mol. The van der Waals surface area contributed by atoms with E-state index in [4.69, 9.17) is 0 Å². The Balaban J connectivity index is 1.90. The molecule has 1 spiro atoms. The zero-order chi connectivity index (χ0) is 9.97. The molecule has 5 atom stereocenters. The first-order chi connectivity index (χ1) is 6.56. The third-order valence-electron chi connectivity index (χ3n) is 5.24. The van der Waals surface area contributed by atoms with Gasteiger partial charge >= 0.3 is 0 Å². The fourth-order valence-corrected chi connectivity index (χ4v) is 4.89. The van der Waals surface area contributed by atoms with Gasteiger partial charge < -0.3 is 10.2 Å². The van der Waals surface area contributed by atoms with Gasteiger partial charge in [0.25, 0.3) is 0 Å². The lowest BCUT2D eigenvalue weighted by molar-refractivity contribution is -0.207. The van der Waals surface area contributed by atoms with Crippen LogP contribution in [0, 0.1) is 17.3 Å². The summed E-state index contributed by atoms with van der Waals surface area (Å²) in [5.74, 6) is 0.983. The van der Waals surface area contributed by atoms with E-state index in [0.29, 0.717) is 17.3 Å². The Bertz CT molecular complexity index is 253. The van der Waals surface area contributed by atoms with Gasteiger partial charge in [0.2, 0.25) is 0 Å². The number of rotatable bonds is 0. The second-order valence-electron chi connectivity index (χ2n) is 5.96. The van der Waals surface area contributed by atoms with E-state index in [1.54, 1.807) is 0 Å². The highest BCUT2D eigenvalue weighted by molar-refractivity contribution is 5.17. The van der Waals surface area contributed by atoms with Crippen LogP contribution in [-0.4, -0.2) is 21.9 Å². The van der Waals surface area contributed by atoms with Gasteiger partial charge in [-0.25, -0.2) is 0 Å². The molecule has 1 unspecified atom stereocenters. The average molecular weight is 196 g/mol. The molecule has 2 N–H and O–H groups in total. The predicted molar refractivity (Wildman–Crippen MR) is 53.7 cm³/mol. The van der Waals surface area contributed by atoms with Crippen LogP contribution in [0.4, 0.5) is 0 Å². The number of hydrogen-bond donors (Lipinski definition) is 2. The van der Waals surface area contributed by atoms with Gasteiger partial charge in [-0.05, 0) is 56.3 Å². The molecule has 3 aliphatic rings. The maximum absolute atomic E-state index is 10.1. The predicted octanol–water partition coefficient (Wildman–Crippen LogP) is 1.70. The van der Waals surface area contributed by atoms with E-state index in [-0.39, 0.29) is 6.10 Å². The van der Waals surface area contributed by atoms with E-state index >= 15 is 0 Å². The fourth-order valence-electron chi connectivity index (χ4n) is 4.89. The van der Waals surface area contributed by atoms with Gasteiger partial charge in [0.1, 0.15) is 0 Å². The van der Waals surface area contributed by atoms with Gasteiger partial charge in [-0.1, -0.05) is 6.42 Å². The lowest BCUT2D eigenvalue weighted by atomic mass is 9.47. The Kier molecular flexibility index (Phi) is 1.66. The molecule has 3 fully saturated rings. The van der Waals surface area contributed by atoms with Crippen molar-refractivity contribution in [2.24, 2.45) is 17.3 Å². The normalized spacial score (nSPS) is 61.5. The second kappa shape index (κ2) is 2.53. The quantitative estimate of drug-likeness (QED) is 0.619. The number of aliphatic hydroxyl groups excluding tert-OH is 1. The minimum absolute atomic E-state index is 0.0788. The molecule has 14 heavy (non-hydrogen) atoms. The van der Waals surface area contributed by atoms with Crippen molar-refractivity contribution in [2.75, 3.05) is 0 Å². The minimum atomic E-state index is -0.425. The van der Waals surface area contributed by atoms with Crippen molar-refractivity contribution in [1.82, 2.24) is 0 Å². The minimum Gasteiger partial charge on any atom is -0.393 e. The van der Waals surface area contributed by atoms with Gasteiger partial charge in [-0.3, -0.25) is 0 Å². The summed E-state index contributed by atoms with van der Waals surface area (Å²) in [6.45, 7) is 1.98. The molecule has 3 rings (SSSR count). The molecule has 0 aromatic rings. The summed E-state index contributed by atoms with van der Waals surface area (Å²) in [7, 11) is 0.